The van der Waals surface area contributed by atoms with Crippen molar-refractivity contribution in [1.29, 1.82) is 0 Å². The second kappa shape index (κ2) is 8.54. The highest BCUT2D eigenvalue weighted by molar-refractivity contribution is 5.65. The van der Waals surface area contributed by atoms with Crippen LogP contribution >= 0.6 is 0 Å². The van der Waals surface area contributed by atoms with E-state index in [1.807, 2.05) is 66.7 Å². The Morgan fingerprint density at radius 2 is 1.88 bits per heavy atom. The van der Waals surface area contributed by atoms with Crippen molar-refractivity contribution in [3.63, 3.8) is 0 Å². The average Bonchev–Trinajstić information content (AvgIpc) is 2.66. The fourth-order valence-electron chi connectivity index (χ4n) is 3.20. The number of rotatable bonds is 5. The summed E-state index contributed by atoms with van der Waals surface area (Å²) in [6.07, 6.45) is 2.94. The molecule has 1 heterocycles. The lowest BCUT2D eigenvalue weighted by Gasteiger charge is -2.34. The van der Waals surface area contributed by atoms with Crippen LogP contribution in [0.4, 0.5) is 4.79 Å². The number of aliphatic hydroxyl groups excluding tert-OH is 1. The van der Waals surface area contributed by atoms with Crippen LogP contribution in [0.3, 0.4) is 0 Å². The maximum absolute atomic E-state index is 11.0. The maximum atomic E-state index is 11.0. The number of aliphatic hydroxyl groups is 1. The van der Waals surface area contributed by atoms with Gasteiger partial charge in [0, 0.05) is 12.5 Å². The van der Waals surface area contributed by atoms with Crippen molar-refractivity contribution >= 4 is 12.2 Å². The van der Waals surface area contributed by atoms with E-state index >= 15 is 0 Å². The van der Waals surface area contributed by atoms with Crippen molar-refractivity contribution in [3.8, 4) is 5.75 Å². The second-order valence-corrected chi connectivity index (χ2v) is 6.38. The van der Waals surface area contributed by atoms with Gasteiger partial charge in [-0.3, -0.25) is 0 Å². The highest BCUT2D eigenvalue weighted by Gasteiger charge is 2.30. The van der Waals surface area contributed by atoms with Gasteiger partial charge in [-0.2, -0.15) is 0 Å². The molecule has 5 nitrogen and oxygen atoms in total. The number of amides is 1. The summed E-state index contributed by atoms with van der Waals surface area (Å²) >= 11 is 0. The van der Waals surface area contributed by atoms with Gasteiger partial charge in [0.05, 0.1) is 12.6 Å². The fraction of sp³-hybridized carbons (Fsp3) is 0.286. The molecule has 2 aromatic rings. The highest BCUT2D eigenvalue weighted by Crippen LogP contribution is 2.29. The molecule has 0 saturated carbocycles. The van der Waals surface area contributed by atoms with E-state index in [0.29, 0.717) is 19.6 Å². The molecule has 3 rings (SSSR count). The maximum Gasteiger partial charge on any atom is 0.407 e. The summed E-state index contributed by atoms with van der Waals surface area (Å²) in [5, 5.41) is 19.3. The highest BCUT2D eigenvalue weighted by atomic mass is 16.5. The zero-order valence-corrected chi connectivity index (χ0v) is 14.5. The summed E-state index contributed by atoms with van der Waals surface area (Å²) in [5.41, 5.74) is 2.14. The lowest BCUT2D eigenvalue weighted by atomic mass is 9.87. The van der Waals surface area contributed by atoms with Crippen LogP contribution in [0, 0.1) is 0 Å². The average molecular weight is 353 g/mol. The Labute approximate surface area is 153 Å². The first kappa shape index (κ1) is 18.0. The molecule has 0 spiro atoms. The third-order valence-corrected chi connectivity index (χ3v) is 4.62. The van der Waals surface area contributed by atoms with Crippen LogP contribution in [-0.2, 0) is 0 Å². The minimum absolute atomic E-state index is 0.0439. The van der Waals surface area contributed by atoms with Gasteiger partial charge in [-0.05, 0) is 35.8 Å². The molecule has 2 atom stereocenters. The van der Waals surface area contributed by atoms with Crippen molar-refractivity contribution in [2.45, 2.75) is 18.4 Å². The van der Waals surface area contributed by atoms with Crippen LogP contribution in [-0.4, -0.2) is 47.0 Å². The van der Waals surface area contributed by atoms with Crippen molar-refractivity contribution in [2.24, 2.45) is 0 Å². The minimum atomic E-state index is -0.977. The van der Waals surface area contributed by atoms with Crippen molar-refractivity contribution in [1.82, 2.24) is 4.90 Å². The molecule has 136 valence electrons. The van der Waals surface area contributed by atoms with Crippen molar-refractivity contribution in [3.05, 3.63) is 71.8 Å². The lowest BCUT2D eigenvalue weighted by molar-refractivity contribution is 0.0504. The Morgan fingerprint density at radius 1 is 1.15 bits per heavy atom. The SMILES string of the molecule is O=C(O)N1CCC(c2ccc(OC/C=C/c3ccccc3)cc2)C(O)C1. The summed E-state index contributed by atoms with van der Waals surface area (Å²) in [5.74, 6) is 0.724. The molecule has 0 aromatic heterocycles. The third kappa shape index (κ3) is 4.64. The van der Waals surface area contributed by atoms with Gasteiger partial charge in [-0.1, -0.05) is 48.5 Å². The summed E-state index contributed by atoms with van der Waals surface area (Å²) in [4.78, 5) is 12.3. The molecule has 1 aliphatic rings. The van der Waals surface area contributed by atoms with E-state index in [2.05, 4.69) is 0 Å². The molecule has 0 aliphatic carbocycles. The van der Waals surface area contributed by atoms with Gasteiger partial charge in [0.15, 0.2) is 0 Å². The predicted octanol–water partition coefficient (Wildman–Crippen LogP) is 3.61. The molecule has 0 bridgehead atoms. The minimum Gasteiger partial charge on any atom is -0.490 e. The van der Waals surface area contributed by atoms with Gasteiger partial charge in [-0.15, -0.1) is 0 Å². The summed E-state index contributed by atoms with van der Waals surface area (Å²) < 4.78 is 5.71. The number of hydrogen-bond donors (Lipinski definition) is 2. The number of benzene rings is 2. The van der Waals surface area contributed by atoms with Crippen LogP contribution < -0.4 is 4.74 Å². The van der Waals surface area contributed by atoms with E-state index in [1.165, 1.54) is 4.90 Å². The van der Waals surface area contributed by atoms with E-state index in [-0.39, 0.29) is 12.5 Å². The number of likely N-dealkylation sites (tertiary alicyclic amines) is 1. The van der Waals surface area contributed by atoms with Crippen LogP contribution in [0.15, 0.2) is 60.7 Å². The molecule has 1 amide bonds. The molecule has 2 N–H and O–H groups in total. The number of carbonyl (C=O) groups is 1. The lowest BCUT2D eigenvalue weighted by Crippen LogP contribution is -2.45. The number of carboxylic acid groups (broad SMARTS) is 1. The number of β-amino-alcohol motifs (C(OH)–C–C–N with tert-alkyl or cyclic N) is 1. The first-order valence-electron chi connectivity index (χ1n) is 8.74. The molecule has 2 aromatic carbocycles. The van der Waals surface area contributed by atoms with E-state index in [0.717, 1.165) is 16.9 Å². The Morgan fingerprint density at radius 3 is 2.54 bits per heavy atom. The number of hydrogen-bond acceptors (Lipinski definition) is 3. The van der Waals surface area contributed by atoms with Gasteiger partial charge in [-0.25, -0.2) is 4.79 Å². The molecule has 1 saturated heterocycles. The molecular formula is C21H23NO4. The summed E-state index contributed by atoms with van der Waals surface area (Å²) in [6, 6.07) is 17.7. The van der Waals surface area contributed by atoms with Crippen molar-refractivity contribution in [2.75, 3.05) is 19.7 Å². The van der Waals surface area contributed by atoms with E-state index < -0.39 is 12.2 Å². The number of piperidine rings is 1. The molecular weight excluding hydrogens is 330 g/mol. The molecule has 5 heteroatoms. The first-order chi connectivity index (χ1) is 12.6. The van der Waals surface area contributed by atoms with E-state index in [4.69, 9.17) is 9.84 Å². The summed E-state index contributed by atoms with van der Waals surface area (Å²) in [6.45, 7) is 1.08. The standard InChI is InChI=1S/C21H23NO4/c23-20-15-22(21(24)25)13-12-19(20)17-8-10-18(11-9-17)26-14-4-7-16-5-2-1-3-6-16/h1-11,19-20,23H,12-15H2,(H,24,25)/b7-4+. The van der Waals surface area contributed by atoms with Gasteiger partial charge in [0.25, 0.3) is 0 Å². The second-order valence-electron chi connectivity index (χ2n) is 6.38. The Kier molecular flexibility index (Phi) is 5.92. The van der Waals surface area contributed by atoms with Gasteiger partial charge < -0.3 is 19.8 Å². The Bertz CT molecular complexity index is 742. The topological polar surface area (TPSA) is 70.0 Å². The first-order valence-corrected chi connectivity index (χ1v) is 8.74. The summed E-state index contributed by atoms with van der Waals surface area (Å²) in [7, 11) is 0. The molecule has 26 heavy (non-hydrogen) atoms. The van der Waals surface area contributed by atoms with E-state index in [9.17, 15) is 9.90 Å². The van der Waals surface area contributed by atoms with Crippen LogP contribution in [0.25, 0.3) is 6.08 Å². The van der Waals surface area contributed by atoms with Crippen molar-refractivity contribution < 1.29 is 19.7 Å². The number of ether oxygens (including phenoxy) is 1. The zero-order chi connectivity index (χ0) is 18.4. The van der Waals surface area contributed by atoms with Gasteiger partial charge in [0.1, 0.15) is 12.4 Å². The normalized spacial score (nSPS) is 20.3. The van der Waals surface area contributed by atoms with Gasteiger partial charge >= 0.3 is 6.09 Å². The van der Waals surface area contributed by atoms with E-state index in [1.54, 1.807) is 0 Å². The zero-order valence-electron chi connectivity index (χ0n) is 14.5. The number of nitrogens with zero attached hydrogens (tertiary/aromatic N) is 1. The largest absolute Gasteiger partial charge is 0.490 e. The smallest absolute Gasteiger partial charge is 0.407 e. The Balaban J connectivity index is 1.52. The fourth-order valence-corrected chi connectivity index (χ4v) is 3.20. The van der Waals surface area contributed by atoms with Gasteiger partial charge in [0.2, 0.25) is 0 Å². The Hall–Kier alpha value is -2.79. The van der Waals surface area contributed by atoms with Crippen LogP contribution in [0.2, 0.25) is 0 Å². The monoisotopic (exact) mass is 353 g/mol. The molecule has 1 fully saturated rings. The third-order valence-electron chi connectivity index (χ3n) is 4.62. The molecule has 0 radical (unpaired) electrons. The molecule has 2 unspecified atom stereocenters. The van der Waals surface area contributed by atoms with Crippen LogP contribution in [0.5, 0.6) is 5.75 Å². The quantitative estimate of drug-likeness (QED) is 0.861. The predicted molar refractivity (Wildman–Crippen MR) is 100 cm³/mol. The van der Waals surface area contributed by atoms with Crippen LogP contribution in [0.1, 0.15) is 23.5 Å². The molecule has 1 aliphatic heterocycles.